The molecule has 1 atom stereocenters. The lowest BCUT2D eigenvalue weighted by Gasteiger charge is -2.26. The maximum absolute atomic E-state index is 13.7. The van der Waals surface area contributed by atoms with Gasteiger partial charge >= 0.3 is 0 Å². The van der Waals surface area contributed by atoms with E-state index in [1.54, 1.807) is 12.1 Å². The number of para-hydroxylation sites is 1. The second-order valence-corrected chi connectivity index (χ2v) is 7.62. The molecule has 0 aromatic heterocycles. The topological polar surface area (TPSA) is 32.8 Å². The molecule has 2 aromatic rings. The molecule has 0 bridgehead atoms. The van der Waals surface area contributed by atoms with Crippen molar-refractivity contribution in [2.75, 3.05) is 26.2 Å². The van der Waals surface area contributed by atoms with Crippen molar-refractivity contribution in [3.05, 3.63) is 65.5 Å². The Kier molecular flexibility index (Phi) is 5.91. The Morgan fingerprint density at radius 1 is 1.07 bits per heavy atom. The summed E-state index contributed by atoms with van der Waals surface area (Å²) in [6.07, 6.45) is 3.77. The van der Waals surface area contributed by atoms with E-state index in [1.165, 1.54) is 6.07 Å². The molecule has 0 unspecified atom stereocenters. The molecule has 0 saturated carbocycles. The van der Waals surface area contributed by atoms with Crippen molar-refractivity contribution in [2.24, 2.45) is 0 Å². The van der Waals surface area contributed by atoms with Gasteiger partial charge in [0.25, 0.3) is 0 Å². The first-order chi connectivity index (χ1) is 13.7. The molecule has 0 N–H and O–H groups in total. The zero-order chi connectivity index (χ0) is 19.3. The van der Waals surface area contributed by atoms with Gasteiger partial charge in [-0.1, -0.05) is 30.3 Å². The van der Waals surface area contributed by atoms with Gasteiger partial charge in [-0.3, -0.25) is 9.69 Å². The molecule has 0 aliphatic carbocycles. The Hall–Kier alpha value is -2.40. The molecule has 4 rings (SSSR count). The number of ether oxygens (including phenoxy) is 1. The van der Waals surface area contributed by atoms with Crippen LogP contribution in [0.5, 0.6) is 5.75 Å². The van der Waals surface area contributed by atoms with Gasteiger partial charge in [0.05, 0.1) is 6.54 Å². The van der Waals surface area contributed by atoms with Gasteiger partial charge in [-0.15, -0.1) is 0 Å². The van der Waals surface area contributed by atoms with Gasteiger partial charge < -0.3 is 9.64 Å². The van der Waals surface area contributed by atoms with Gasteiger partial charge in [-0.25, -0.2) is 4.39 Å². The standard InChI is InChI=1S/C23H27FN2O2/c24-20-8-3-7-18(16-20)21-9-4-13-26(21)17-19-6-1-2-10-22(19)28-15-14-25-12-5-11-23(25)27/h1-3,6-8,10,16,21H,4-5,9,11-15,17H2/t21-/m0/s1. The molecule has 2 aromatic carbocycles. The van der Waals surface area contributed by atoms with Gasteiger partial charge in [-0.2, -0.15) is 0 Å². The average molecular weight is 382 g/mol. The number of nitrogens with zero attached hydrogens (tertiary/aromatic N) is 2. The summed E-state index contributed by atoms with van der Waals surface area (Å²) in [4.78, 5) is 16.0. The minimum atomic E-state index is -0.176. The van der Waals surface area contributed by atoms with Crippen LogP contribution in [0.3, 0.4) is 0 Å². The van der Waals surface area contributed by atoms with E-state index >= 15 is 0 Å². The van der Waals surface area contributed by atoms with Crippen molar-refractivity contribution in [1.82, 2.24) is 9.80 Å². The fourth-order valence-electron chi connectivity index (χ4n) is 4.31. The second-order valence-electron chi connectivity index (χ2n) is 7.62. The van der Waals surface area contributed by atoms with E-state index in [2.05, 4.69) is 11.0 Å². The molecule has 1 amide bonds. The number of benzene rings is 2. The van der Waals surface area contributed by atoms with Crippen LogP contribution in [0.25, 0.3) is 0 Å². The van der Waals surface area contributed by atoms with E-state index in [-0.39, 0.29) is 17.8 Å². The summed E-state index contributed by atoms with van der Waals surface area (Å²) in [5.41, 5.74) is 2.18. The van der Waals surface area contributed by atoms with E-state index in [9.17, 15) is 9.18 Å². The van der Waals surface area contributed by atoms with Crippen molar-refractivity contribution in [3.8, 4) is 5.75 Å². The highest BCUT2D eigenvalue weighted by Gasteiger charge is 2.27. The predicted octanol–water partition coefficient (Wildman–Crippen LogP) is 4.16. The molecule has 28 heavy (non-hydrogen) atoms. The molecule has 2 fully saturated rings. The Morgan fingerprint density at radius 2 is 1.96 bits per heavy atom. The van der Waals surface area contributed by atoms with E-state index in [0.717, 1.165) is 55.8 Å². The highest BCUT2D eigenvalue weighted by molar-refractivity contribution is 5.78. The Labute approximate surface area is 165 Å². The lowest BCUT2D eigenvalue weighted by atomic mass is 10.0. The van der Waals surface area contributed by atoms with Crippen LogP contribution < -0.4 is 4.74 Å². The normalized spacial score (nSPS) is 20.1. The average Bonchev–Trinajstić information content (AvgIpc) is 3.32. The van der Waals surface area contributed by atoms with Gasteiger partial charge in [-0.05, 0) is 49.6 Å². The molecule has 0 spiro atoms. The number of hydrogen-bond donors (Lipinski definition) is 0. The van der Waals surface area contributed by atoms with Crippen molar-refractivity contribution in [1.29, 1.82) is 0 Å². The smallest absolute Gasteiger partial charge is 0.222 e. The molecule has 148 valence electrons. The highest BCUT2D eigenvalue weighted by atomic mass is 19.1. The lowest BCUT2D eigenvalue weighted by molar-refractivity contribution is -0.128. The van der Waals surface area contributed by atoms with E-state index < -0.39 is 0 Å². The van der Waals surface area contributed by atoms with Crippen LogP contribution in [0.2, 0.25) is 0 Å². The number of halogens is 1. The Bertz CT molecular complexity index is 826. The number of carbonyl (C=O) groups is 1. The van der Waals surface area contributed by atoms with Gasteiger partial charge in [0.2, 0.25) is 5.91 Å². The number of rotatable bonds is 7. The minimum absolute atomic E-state index is 0.176. The Balaban J connectivity index is 1.41. The summed E-state index contributed by atoms with van der Waals surface area (Å²) in [6.45, 7) is 3.77. The zero-order valence-electron chi connectivity index (χ0n) is 16.1. The quantitative estimate of drug-likeness (QED) is 0.721. The fourth-order valence-corrected chi connectivity index (χ4v) is 4.31. The predicted molar refractivity (Wildman–Crippen MR) is 107 cm³/mol. The number of carbonyl (C=O) groups excluding carboxylic acids is 1. The van der Waals surface area contributed by atoms with Crippen LogP contribution in [0.1, 0.15) is 42.9 Å². The number of amides is 1. The van der Waals surface area contributed by atoms with Crippen LogP contribution in [0, 0.1) is 5.82 Å². The van der Waals surface area contributed by atoms with Crippen LogP contribution in [-0.2, 0) is 11.3 Å². The Morgan fingerprint density at radius 3 is 2.79 bits per heavy atom. The summed E-state index contributed by atoms with van der Waals surface area (Å²) in [5, 5.41) is 0. The second kappa shape index (κ2) is 8.74. The monoisotopic (exact) mass is 382 g/mol. The molecule has 4 nitrogen and oxygen atoms in total. The van der Waals surface area contributed by atoms with Crippen LogP contribution in [-0.4, -0.2) is 41.9 Å². The molecular formula is C23H27FN2O2. The van der Waals surface area contributed by atoms with Crippen molar-refractivity contribution >= 4 is 5.91 Å². The molecule has 2 aliphatic heterocycles. The number of likely N-dealkylation sites (tertiary alicyclic amines) is 2. The molecule has 5 heteroatoms. The third-order valence-electron chi connectivity index (χ3n) is 5.73. The fraction of sp³-hybridized carbons (Fsp3) is 0.435. The SMILES string of the molecule is O=C1CCCN1CCOc1ccccc1CN1CCC[C@H]1c1cccc(F)c1. The first-order valence-electron chi connectivity index (χ1n) is 10.2. The van der Waals surface area contributed by atoms with Crippen molar-refractivity contribution in [3.63, 3.8) is 0 Å². The summed E-state index contributed by atoms with van der Waals surface area (Å²) < 4.78 is 19.7. The third kappa shape index (κ3) is 4.36. The minimum Gasteiger partial charge on any atom is -0.491 e. The first-order valence-corrected chi connectivity index (χ1v) is 10.2. The summed E-state index contributed by atoms with van der Waals surface area (Å²) in [5.74, 6) is 0.926. The van der Waals surface area contributed by atoms with Gasteiger partial charge in [0.15, 0.2) is 0 Å². The third-order valence-corrected chi connectivity index (χ3v) is 5.73. The van der Waals surface area contributed by atoms with E-state index in [1.807, 2.05) is 29.2 Å². The maximum Gasteiger partial charge on any atom is 0.222 e. The van der Waals surface area contributed by atoms with Crippen molar-refractivity contribution < 1.29 is 13.9 Å². The lowest BCUT2D eigenvalue weighted by Crippen LogP contribution is -2.29. The van der Waals surface area contributed by atoms with E-state index in [0.29, 0.717) is 19.6 Å². The summed E-state index contributed by atoms with van der Waals surface area (Å²) in [6, 6.07) is 15.3. The molecule has 2 aliphatic rings. The number of hydrogen-bond acceptors (Lipinski definition) is 3. The van der Waals surface area contributed by atoms with Crippen LogP contribution in [0.15, 0.2) is 48.5 Å². The summed E-state index contributed by atoms with van der Waals surface area (Å²) in [7, 11) is 0. The maximum atomic E-state index is 13.7. The van der Waals surface area contributed by atoms with Crippen molar-refractivity contribution in [2.45, 2.75) is 38.3 Å². The van der Waals surface area contributed by atoms with Gasteiger partial charge in [0, 0.05) is 31.1 Å². The molecule has 2 heterocycles. The summed E-state index contributed by atoms with van der Waals surface area (Å²) >= 11 is 0. The van der Waals surface area contributed by atoms with Gasteiger partial charge in [0.1, 0.15) is 18.2 Å². The molecule has 2 saturated heterocycles. The zero-order valence-corrected chi connectivity index (χ0v) is 16.1. The van der Waals surface area contributed by atoms with E-state index in [4.69, 9.17) is 4.74 Å². The van der Waals surface area contributed by atoms with Crippen LogP contribution in [0.4, 0.5) is 4.39 Å². The molecule has 0 radical (unpaired) electrons. The van der Waals surface area contributed by atoms with Crippen LogP contribution >= 0.6 is 0 Å². The molecular weight excluding hydrogens is 355 g/mol. The first kappa shape index (κ1) is 18.9. The largest absolute Gasteiger partial charge is 0.491 e. The highest BCUT2D eigenvalue weighted by Crippen LogP contribution is 2.34.